The lowest BCUT2D eigenvalue weighted by Crippen LogP contribution is -2.17. The Bertz CT molecular complexity index is 629. The Morgan fingerprint density at radius 3 is 2.65 bits per heavy atom. The summed E-state index contributed by atoms with van der Waals surface area (Å²) in [6, 6.07) is 8.56. The third-order valence-electron chi connectivity index (χ3n) is 3.08. The van der Waals surface area contributed by atoms with E-state index in [1.54, 1.807) is 17.5 Å². The fourth-order valence-corrected chi connectivity index (χ4v) is 2.81. The second-order valence-corrected chi connectivity index (χ2v) is 5.71. The Labute approximate surface area is 122 Å². The number of hydrogen-bond donors (Lipinski definition) is 0. The van der Waals surface area contributed by atoms with Gasteiger partial charge in [0.1, 0.15) is 5.01 Å². The first-order valence-corrected chi connectivity index (χ1v) is 7.33. The summed E-state index contributed by atoms with van der Waals surface area (Å²) in [6.07, 6.45) is 7.40. The van der Waals surface area contributed by atoms with Crippen molar-refractivity contribution in [3.8, 4) is 5.69 Å². The predicted octanol–water partition coefficient (Wildman–Crippen LogP) is 2.96. The van der Waals surface area contributed by atoms with E-state index >= 15 is 0 Å². The van der Waals surface area contributed by atoms with Crippen molar-refractivity contribution in [3.63, 3.8) is 0 Å². The van der Waals surface area contributed by atoms with Crippen LogP contribution in [0.5, 0.6) is 0 Å². The van der Waals surface area contributed by atoms with Crippen molar-refractivity contribution in [3.05, 3.63) is 65.1 Å². The highest BCUT2D eigenvalue weighted by atomic mass is 32.1. The number of aromatic nitrogens is 3. The van der Waals surface area contributed by atoms with Crippen LogP contribution < -0.4 is 0 Å². The van der Waals surface area contributed by atoms with Crippen molar-refractivity contribution in [1.82, 2.24) is 19.4 Å². The summed E-state index contributed by atoms with van der Waals surface area (Å²) in [5, 5.41) is 3.17. The molecule has 2 heterocycles. The summed E-state index contributed by atoms with van der Waals surface area (Å²) < 4.78 is 2.00. The topological polar surface area (TPSA) is 34.0 Å². The zero-order valence-electron chi connectivity index (χ0n) is 11.3. The molecule has 0 unspecified atom stereocenters. The van der Waals surface area contributed by atoms with Crippen LogP contribution in [-0.2, 0) is 13.1 Å². The van der Waals surface area contributed by atoms with Crippen LogP contribution in [0.2, 0.25) is 0 Å². The highest BCUT2D eigenvalue weighted by Crippen LogP contribution is 2.13. The van der Waals surface area contributed by atoms with Crippen LogP contribution in [0.25, 0.3) is 5.69 Å². The fraction of sp³-hybridized carbons (Fsp3) is 0.200. The van der Waals surface area contributed by atoms with Gasteiger partial charge in [-0.15, -0.1) is 11.3 Å². The molecule has 1 aromatic carbocycles. The van der Waals surface area contributed by atoms with E-state index in [0.29, 0.717) is 0 Å². The van der Waals surface area contributed by atoms with E-state index < -0.39 is 0 Å². The lowest BCUT2D eigenvalue weighted by molar-refractivity contribution is 0.318. The molecule has 3 aromatic rings. The highest BCUT2D eigenvalue weighted by molar-refractivity contribution is 7.09. The Balaban J connectivity index is 1.63. The Morgan fingerprint density at radius 1 is 1.15 bits per heavy atom. The third-order valence-corrected chi connectivity index (χ3v) is 3.84. The summed E-state index contributed by atoms with van der Waals surface area (Å²) in [4.78, 5) is 10.6. The maximum atomic E-state index is 4.31. The number of nitrogens with zero attached hydrogens (tertiary/aromatic N) is 4. The summed E-state index contributed by atoms with van der Waals surface area (Å²) in [5.41, 5.74) is 2.43. The Morgan fingerprint density at radius 2 is 2.00 bits per heavy atom. The van der Waals surface area contributed by atoms with Gasteiger partial charge in [0.15, 0.2) is 0 Å². The number of rotatable bonds is 5. The second-order valence-electron chi connectivity index (χ2n) is 4.73. The minimum atomic E-state index is 0.890. The lowest BCUT2D eigenvalue weighted by atomic mass is 10.2. The summed E-state index contributed by atoms with van der Waals surface area (Å²) in [6.45, 7) is 1.81. The van der Waals surface area contributed by atoms with Crippen LogP contribution in [0.4, 0.5) is 0 Å². The van der Waals surface area contributed by atoms with Crippen molar-refractivity contribution in [2.75, 3.05) is 7.05 Å². The molecule has 0 spiro atoms. The van der Waals surface area contributed by atoms with Crippen molar-refractivity contribution in [2.45, 2.75) is 13.1 Å². The summed E-state index contributed by atoms with van der Waals surface area (Å²) in [7, 11) is 2.12. The maximum Gasteiger partial charge on any atom is 0.107 e. The minimum absolute atomic E-state index is 0.890. The lowest BCUT2D eigenvalue weighted by Gasteiger charge is -2.15. The quantitative estimate of drug-likeness (QED) is 0.722. The van der Waals surface area contributed by atoms with Gasteiger partial charge in [-0.3, -0.25) is 4.90 Å². The van der Waals surface area contributed by atoms with Crippen molar-refractivity contribution in [1.29, 1.82) is 0 Å². The van der Waals surface area contributed by atoms with Gasteiger partial charge in [-0.05, 0) is 24.7 Å². The zero-order valence-corrected chi connectivity index (χ0v) is 12.1. The summed E-state index contributed by atoms with van der Waals surface area (Å²) >= 11 is 1.70. The molecule has 0 aliphatic carbocycles. The van der Waals surface area contributed by atoms with E-state index in [0.717, 1.165) is 23.8 Å². The van der Waals surface area contributed by atoms with Gasteiger partial charge in [0.05, 0.1) is 12.9 Å². The van der Waals surface area contributed by atoms with Gasteiger partial charge in [-0.2, -0.15) is 0 Å². The number of benzene rings is 1. The van der Waals surface area contributed by atoms with Crippen LogP contribution >= 0.6 is 11.3 Å². The van der Waals surface area contributed by atoms with Crippen LogP contribution in [0.15, 0.2) is 54.6 Å². The van der Waals surface area contributed by atoms with Gasteiger partial charge in [0.2, 0.25) is 0 Å². The molecular formula is C15H16N4S. The van der Waals surface area contributed by atoms with E-state index in [1.807, 2.05) is 28.7 Å². The smallest absolute Gasteiger partial charge is 0.107 e. The zero-order chi connectivity index (χ0) is 13.8. The van der Waals surface area contributed by atoms with E-state index in [2.05, 4.69) is 46.2 Å². The minimum Gasteiger partial charge on any atom is -0.306 e. The standard InChI is InChI=1S/C15H16N4S/c1-18(11-15-17-7-9-20-15)10-13-2-4-14(5-3-13)19-8-6-16-12-19/h2-9,12H,10-11H2,1H3. The van der Waals surface area contributed by atoms with Gasteiger partial charge in [0, 0.05) is 36.2 Å². The molecule has 2 aromatic heterocycles. The molecule has 4 nitrogen and oxygen atoms in total. The predicted molar refractivity (Wildman–Crippen MR) is 80.8 cm³/mol. The normalized spacial score (nSPS) is 11.1. The molecule has 0 aliphatic heterocycles. The first-order valence-electron chi connectivity index (χ1n) is 6.45. The van der Waals surface area contributed by atoms with Crippen LogP contribution in [-0.4, -0.2) is 26.5 Å². The first kappa shape index (κ1) is 13.0. The van der Waals surface area contributed by atoms with Gasteiger partial charge in [-0.1, -0.05) is 12.1 Å². The van der Waals surface area contributed by atoms with E-state index in [1.165, 1.54) is 5.56 Å². The van der Waals surface area contributed by atoms with E-state index in [-0.39, 0.29) is 0 Å². The number of thiazole rings is 1. The average molecular weight is 284 g/mol. The number of hydrogen-bond acceptors (Lipinski definition) is 4. The molecule has 102 valence electrons. The largest absolute Gasteiger partial charge is 0.306 e. The maximum absolute atomic E-state index is 4.31. The molecular weight excluding hydrogens is 268 g/mol. The van der Waals surface area contributed by atoms with Gasteiger partial charge >= 0.3 is 0 Å². The fourth-order valence-electron chi connectivity index (χ4n) is 2.11. The molecule has 0 aliphatic rings. The molecule has 0 saturated carbocycles. The molecule has 0 amide bonds. The van der Waals surface area contributed by atoms with E-state index in [9.17, 15) is 0 Å². The van der Waals surface area contributed by atoms with Gasteiger partial charge < -0.3 is 4.57 Å². The molecule has 0 fully saturated rings. The van der Waals surface area contributed by atoms with Crippen molar-refractivity contribution in [2.24, 2.45) is 0 Å². The Kier molecular flexibility index (Phi) is 3.90. The SMILES string of the molecule is CN(Cc1ccc(-n2ccnc2)cc1)Cc1nccs1. The average Bonchev–Trinajstić information content (AvgIpc) is 3.12. The van der Waals surface area contributed by atoms with Gasteiger partial charge in [-0.25, -0.2) is 9.97 Å². The van der Waals surface area contributed by atoms with Crippen molar-refractivity contribution >= 4 is 11.3 Å². The molecule has 0 N–H and O–H groups in total. The first-order chi connectivity index (χ1) is 9.81. The third kappa shape index (κ3) is 3.12. The molecule has 0 atom stereocenters. The second kappa shape index (κ2) is 5.98. The number of imidazole rings is 1. The molecule has 5 heteroatoms. The van der Waals surface area contributed by atoms with Crippen LogP contribution in [0.1, 0.15) is 10.6 Å². The van der Waals surface area contributed by atoms with Gasteiger partial charge in [0.25, 0.3) is 0 Å². The molecule has 3 rings (SSSR count). The monoisotopic (exact) mass is 284 g/mol. The molecule has 20 heavy (non-hydrogen) atoms. The summed E-state index contributed by atoms with van der Waals surface area (Å²) in [5.74, 6) is 0. The molecule has 0 radical (unpaired) electrons. The Hall–Kier alpha value is -1.98. The van der Waals surface area contributed by atoms with Crippen molar-refractivity contribution < 1.29 is 0 Å². The van der Waals surface area contributed by atoms with Crippen LogP contribution in [0.3, 0.4) is 0 Å². The van der Waals surface area contributed by atoms with E-state index in [4.69, 9.17) is 0 Å². The highest BCUT2D eigenvalue weighted by Gasteiger charge is 2.04. The van der Waals surface area contributed by atoms with Crippen LogP contribution in [0, 0.1) is 0 Å². The molecule has 0 saturated heterocycles. The molecule has 0 bridgehead atoms.